The van der Waals surface area contributed by atoms with Crippen molar-refractivity contribution >= 4 is 33.8 Å². The van der Waals surface area contributed by atoms with Crippen LogP contribution in [0.2, 0.25) is 0 Å². The number of halogens is 1. The Kier molecular flexibility index (Phi) is 8.21. The highest BCUT2D eigenvalue weighted by Gasteiger charge is 2.09. The maximum absolute atomic E-state index is 12.4. The molecule has 30 heavy (non-hydrogen) atoms. The Morgan fingerprint density at radius 1 is 0.933 bits per heavy atom. The van der Waals surface area contributed by atoms with Crippen molar-refractivity contribution in [3.63, 3.8) is 0 Å². The third-order valence-electron chi connectivity index (χ3n) is 4.40. The molecule has 0 aliphatic carbocycles. The van der Waals surface area contributed by atoms with E-state index in [1.165, 1.54) is 0 Å². The predicted molar refractivity (Wildman–Crippen MR) is 124 cm³/mol. The fraction of sp³-hybridized carbons (Fsp3) is 0.200. The summed E-state index contributed by atoms with van der Waals surface area (Å²) in [5, 5.41) is 0. The lowest BCUT2D eigenvalue weighted by molar-refractivity contribution is 0.0734. The van der Waals surface area contributed by atoms with Crippen LogP contribution in [0, 0.1) is 0 Å². The highest BCUT2D eigenvalue weighted by atomic mass is 79.9. The zero-order valence-corrected chi connectivity index (χ0v) is 18.5. The average molecular weight is 466 g/mol. The van der Waals surface area contributed by atoms with E-state index < -0.39 is 5.97 Å². The summed E-state index contributed by atoms with van der Waals surface area (Å²) in [6.45, 7) is 2.85. The number of esters is 1. The second kappa shape index (κ2) is 11.3. The van der Waals surface area contributed by atoms with Gasteiger partial charge in [-0.1, -0.05) is 31.9 Å². The van der Waals surface area contributed by atoms with Crippen LogP contribution in [0.15, 0.2) is 82.3 Å². The van der Waals surface area contributed by atoms with E-state index in [0.29, 0.717) is 17.9 Å². The van der Waals surface area contributed by atoms with Gasteiger partial charge in [0.1, 0.15) is 11.5 Å². The minimum atomic E-state index is -0.401. The van der Waals surface area contributed by atoms with Crippen molar-refractivity contribution in [1.29, 1.82) is 0 Å². The zero-order valence-electron chi connectivity index (χ0n) is 16.9. The van der Waals surface area contributed by atoms with Crippen molar-refractivity contribution in [3.8, 4) is 11.5 Å². The fourth-order valence-corrected chi connectivity index (χ4v) is 3.10. The summed E-state index contributed by atoms with van der Waals surface area (Å²) in [6, 6.07) is 22.0. The number of para-hydroxylation sites is 1. The number of carbonyl (C=O) groups excluding carboxylic acids is 1. The van der Waals surface area contributed by atoms with Crippen LogP contribution in [0.1, 0.15) is 42.1 Å². The predicted octanol–water partition coefficient (Wildman–Crippen LogP) is 6.99. The van der Waals surface area contributed by atoms with Gasteiger partial charge < -0.3 is 9.47 Å². The smallest absolute Gasteiger partial charge is 0.343 e. The van der Waals surface area contributed by atoms with Crippen molar-refractivity contribution in [2.45, 2.75) is 26.2 Å². The van der Waals surface area contributed by atoms with E-state index in [1.807, 2.05) is 36.4 Å². The van der Waals surface area contributed by atoms with Crippen LogP contribution in [0.25, 0.3) is 0 Å². The van der Waals surface area contributed by atoms with Gasteiger partial charge >= 0.3 is 5.97 Å². The van der Waals surface area contributed by atoms with Gasteiger partial charge in [0, 0.05) is 10.7 Å². The first kappa shape index (κ1) is 21.8. The van der Waals surface area contributed by atoms with Gasteiger partial charge in [0.05, 0.1) is 17.9 Å². The third-order valence-corrected chi connectivity index (χ3v) is 5.07. The summed E-state index contributed by atoms with van der Waals surface area (Å²) in [5.41, 5.74) is 2.25. The average Bonchev–Trinajstić information content (AvgIpc) is 2.77. The molecule has 0 radical (unpaired) electrons. The Balaban J connectivity index is 1.54. The molecule has 0 N–H and O–H groups in total. The molecule has 0 amide bonds. The standard InChI is InChI=1S/C25H24BrNO3/c1-2-3-6-17-29-21-15-11-20(12-16-21)25(28)30-22-13-9-19(10-14-22)18-27-24-8-5-4-7-23(24)26/h4-5,7-16,18H,2-3,6,17H2,1H3. The summed E-state index contributed by atoms with van der Waals surface area (Å²) < 4.78 is 12.1. The molecule has 0 aliphatic rings. The third kappa shape index (κ3) is 6.56. The minimum absolute atomic E-state index is 0.401. The van der Waals surface area contributed by atoms with Crippen molar-refractivity contribution in [2.24, 2.45) is 4.99 Å². The monoisotopic (exact) mass is 465 g/mol. The van der Waals surface area contributed by atoms with Gasteiger partial charge in [0.15, 0.2) is 0 Å². The second-order valence-corrected chi connectivity index (χ2v) is 7.60. The molecule has 0 atom stereocenters. The molecule has 3 aromatic carbocycles. The van der Waals surface area contributed by atoms with Crippen molar-refractivity contribution in [3.05, 3.63) is 88.4 Å². The Labute approximate surface area is 185 Å². The number of benzene rings is 3. The van der Waals surface area contributed by atoms with E-state index >= 15 is 0 Å². The number of rotatable bonds is 9. The number of unbranched alkanes of at least 4 members (excludes halogenated alkanes) is 2. The molecule has 4 nitrogen and oxygen atoms in total. The molecule has 0 saturated carbocycles. The molecule has 0 bridgehead atoms. The number of carbonyl (C=O) groups is 1. The first-order valence-corrected chi connectivity index (χ1v) is 10.8. The van der Waals surface area contributed by atoms with Crippen LogP contribution < -0.4 is 9.47 Å². The molecule has 0 fully saturated rings. The molecule has 0 aromatic heterocycles. The van der Waals surface area contributed by atoms with E-state index in [1.54, 1.807) is 42.6 Å². The van der Waals surface area contributed by atoms with Crippen LogP contribution in [0.5, 0.6) is 11.5 Å². The SMILES string of the molecule is CCCCCOc1ccc(C(=O)Oc2ccc(C=Nc3ccccc3Br)cc2)cc1. The zero-order chi connectivity index (χ0) is 21.2. The Bertz CT molecular complexity index is 982. The largest absolute Gasteiger partial charge is 0.494 e. The molecule has 5 heteroatoms. The second-order valence-electron chi connectivity index (χ2n) is 6.75. The van der Waals surface area contributed by atoms with E-state index in [4.69, 9.17) is 9.47 Å². The normalized spacial score (nSPS) is 10.9. The maximum Gasteiger partial charge on any atom is 0.343 e. The van der Waals surface area contributed by atoms with Gasteiger partial charge in [-0.2, -0.15) is 0 Å². The van der Waals surface area contributed by atoms with Gasteiger partial charge in [-0.3, -0.25) is 4.99 Å². The van der Waals surface area contributed by atoms with Gasteiger partial charge in [-0.25, -0.2) is 4.79 Å². The maximum atomic E-state index is 12.4. The quantitative estimate of drug-likeness (QED) is 0.148. The lowest BCUT2D eigenvalue weighted by Gasteiger charge is -2.07. The van der Waals surface area contributed by atoms with E-state index in [2.05, 4.69) is 27.8 Å². The molecule has 0 unspecified atom stereocenters. The summed E-state index contributed by atoms with van der Waals surface area (Å²) in [4.78, 5) is 16.8. The van der Waals surface area contributed by atoms with E-state index in [-0.39, 0.29) is 0 Å². The van der Waals surface area contributed by atoms with E-state index in [0.717, 1.165) is 40.7 Å². The number of hydrogen-bond donors (Lipinski definition) is 0. The topological polar surface area (TPSA) is 47.9 Å². The molecular weight excluding hydrogens is 442 g/mol. The van der Waals surface area contributed by atoms with Gasteiger partial charge in [-0.15, -0.1) is 0 Å². The molecule has 3 rings (SSSR count). The van der Waals surface area contributed by atoms with Crippen LogP contribution in [0.4, 0.5) is 5.69 Å². The van der Waals surface area contributed by atoms with Gasteiger partial charge in [-0.05, 0) is 88.6 Å². The number of aliphatic imine (C=N–C) groups is 1. The molecule has 0 aliphatic heterocycles. The molecule has 0 saturated heterocycles. The minimum Gasteiger partial charge on any atom is -0.494 e. The van der Waals surface area contributed by atoms with Crippen LogP contribution in [0.3, 0.4) is 0 Å². The Morgan fingerprint density at radius 2 is 1.63 bits per heavy atom. The highest BCUT2D eigenvalue weighted by molar-refractivity contribution is 9.10. The fourth-order valence-electron chi connectivity index (χ4n) is 2.72. The summed E-state index contributed by atoms with van der Waals surface area (Å²) in [7, 11) is 0. The molecule has 0 spiro atoms. The van der Waals surface area contributed by atoms with Crippen LogP contribution in [-0.2, 0) is 0 Å². The highest BCUT2D eigenvalue weighted by Crippen LogP contribution is 2.24. The van der Waals surface area contributed by atoms with Gasteiger partial charge in [0.25, 0.3) is 0 Å². The number of ether oxygens (including phenoxy) is 2. The van der Waals surface area contributed by atoms with Crippen molar-refractivity contribution in [1.82, 2.24) is 0 Å². The summed E-state index contributed by atoms with van der Waals surface area (Å²) in [5.74, 6) is 0.844. The first-order valence-electron chi connectivity index (χ1n) is 9.99. The molecule has 154 valence electrons. The molecule has 3 aromatic rings. The molecular formula is C25H24BrNO3. The Morgan fingerprint density at radius 3 is 2.33 bits per heavy atom. The lowest BCUT2D eigenvalue weighted by Crippen LogP contribution is -2.08. The first-order chi connectivity index (χ1) is 14.7. The Hall–Kier alpha value is -2.92. The van der Waals surface area contributed by atoms with Gasteiger partial charge in [0.2, 0.25) is 0 Å². The van der Waals surface area contributed by atoms with Crippen LogP contribution >= 0.6 is 15.9 Å². The summed E-state index contributed by atoms with van der Waals surface area (Å²) >= 11 is 3.47. The van der Waals surface area contributed by atoms with Crippen molar-refractivity contribution in [2.75, 3.05) is 6.61 Å². The van der Waals surface area contributed by atoms with Crippen molar-refractivity contribution < 1.29 is 14.3 Å². The van der Waals surface area contributed by atoms with Crippen LogP contribution in [-0.4, -0.2) is 18.8 Å². The number of nitrogens with zero attached hydrogens (tertiary/aromatic N) is 1. The molecule has 0 heterocycles. The summed E-state index contributed by atoms with van der Waals surface area (Å²) in [6.07, 6.45) is 5.11. The lowest BCUT2D eigenvalue weighted by atomic mass is 10.2. The van der Waals surface area contributed by atoms with E-state index in [9.17, 15) is 4.79 Å². The number of hydrogen-bond acceptors (Lipinski definition) is 4.